The lowest BCUT2D eigenvalue weighted by molar-refractivity contribution is 0.252. The molecule has 2 nitrogen and oxygen atoms in total. The van der Waals surface area contributed by atoms with Crippen LogP contribution in [-0.2, 0) is 0 Å². The van der Waals surface area contributed by atoms with Crippen molar-refractivity contribution in [3.8, 4) is 0 Å². The highest BCUT2D eigenvalue weighted by Crippen LogP contribution is 2.34. The average Bonchev–Trinajstić information content (AvgIpc) is 3.21. The maximum atomic E-state index is 3.93. The van der Waals surface area contributed by atoms with Crippen LogP contribution in [0.3, 0.4) is 0 Å². The Morgan fingerprint density at radius 3 is 2.45 bits per heavy atom. The highest BCUT2D eigenvalue weighted by atomic mass is 15.3. The van der Waals surface area contributed by atoms with E-state index in [-0.39, 0.29) is 0 Å². The SMILES string of the molecule is CC(C)C(NC1CC(C)N(C2CC2)C1)c1ccccc1. The summed E-state index contributed by atoms with van der Waals surface area (Å²) in [6.07, 6.45) is 4.14. The van der Waals surface area contributed by atoms with Crippen molar-refractivity contribution in [1.29, 1.82) is 0 Å². The third kappa shape index (κ3) is 3.07. The molecule has 20 heavy (non-hydrogen) atoms. The molecule has 1 aromatic carbocycles. The van der Waals surface area contributed by atoms with Crippen LogP contribution in [0.2, 0.25) is 0 Å². The molecule has 1 aliphatic heterocycles. The van der Waals surface area contributed by atoms with Gasteiger partial charge in [-0.25, -0.2) is 0 Å². The maximum absolute atomic E-state index is 3.93. The molecule has 1 saturated heterocycles. The largest absolute Gasteiger partial charge is 0.306 e. The minimum absolute atomic E-state index is 0.479. The van der Waals surface area contributed by atoms with E-state index in [1.165, 1.54) is 31.4 Å². The predicted molar refractivity (Wildman–Crippen MR) is 84.8 cm³/mol. The van der Waals surface area contributed by atoms with Gasteiger partial charge in [0.1, 0.15) is 0 Å². The van der Waals surface area contributed by atoms with Gasteiger partial charge in [-0.1, -0.05) is 44.2 Å². The van der Waals surface area contributed by atoms with Gasteiger partial charge in [0, 0.05) is 30.7 Å². The van der Waals surface area contributed by atoms with E-state index in [1.54, 1.807) is 0 Å². The lowest BCUT2D eigenvalue weighted by Crippen LogP contribution is -2.38. The summed E-state index contributed by atoms with van der Waals surface area (Å²) in [6.45, 7) is 8.28. The fourth-order valence-electron chi connectivity index (χ4n) is 3.68. The summed E-state index contributed by atoms with van der Waals surface area (Å²) in [5.74, 6) is 0.627. The Bertz CT molecular complexity index is 424. The van der Waals surface area contributed by atoms with E-state index in [1.807, 2.05) is 0 Å². The summed E-state index contributed by atoms with van der Waals surface area (Å²) < 4.78 is 0. The molecule has 0 radical (unpaired) electrons. The molecule has 3 rings (SSSR count). The third-order valence-electron chi connectivity index (χ3n) is 4.88. The number of hydrogen-bond acceptors (Lipinski definition) is 2. The van der Waals surface area contributed by atoms with Crippen molar-refractivity contribution < 1.29 is 0 Å². The Labute approximate surface area is 123 Å². The minimum atomic E-state index is 0.479. The molecule has 1 saturated carbocycles. The molecule has 2 aliphatic rings. The molecule has 0 amide bonds. The van der Waals surface area contributed by atoms with Crippen molar-refractivity contribution in [2.45, 2.75) is 64.2 Å². The third-order valence-corrected chi connectivity index (χ3v) is 4.88. The monoisotopic (exact) mass is 272 g/mol. The molecule has 1 aliphatic carbocycles. The number of nitrogens with one attached hydrogen (secondary N) is 1. The molecule has 2 fully saturated rings. The first-order chi connectivity index (χ1) is 9.65. The Hall–Kier alpha value is -0.860. The van der Waals surface area contributed by atoms with Crippen LogP contribution in [0.4, 0.5) is 0 Å². The van der Waals surface area contributed by atoms with Crippen LogP contribution >= 0.6 is 0 Å². The van der Waals surface area contributed by atoms with Crippen molar-refractivity contribution in [3.05, 3.63) is 35.9 Å². The Balaban J connectivity index is 1.65. The zero-order valence-electron chi connectivity index (χ0n) is 13.0. The first-order valence-electron chi connectivity index (χ1n) is 8.22. The first-order valence-corrected chi connectivity index (χ1v) is 8.22. The van der Waals surface area contributed by atoms with Gasteiger partial charge in [-0.15, -0.1) is 0 Å². The van der Waals surface area contributed by atoms with E-state index in [0.717, 1.165) is 12.1 Å². The smallest absolute Gasteiger partial charge is 0.0346 e. The highest BCUT2D eigenvalue weighted by Gasteiger charge is 2.39. The summed E-state index contributed by atoms with van der Waals surface area (Å²) in [4.78, 5) is 2.72. The Kier molecular flexibility index (Phi) is 4.13. The van der Waals surface area contributed by atoms with Gasteiger partial charge in [-0.2, -0.15) is 0 Å². The molecular formula is C18H28N2. The molecule has 3 atom stereocenters. The van der Waals surface area contributed by atoms with Crippen LogP contribution in [0.15, 0.2) is 30.3 Å². The highest BCUT2D eigenvalue weighted by molar-refractivity contribution is 5.19. The van der Waals surface area contributed by atoms with Crippen molar-refractivity contribution in [1.82, 2.24) is 10.2 Å². The van der Waals surface area contributed by atoms with E-state index in [2.05, 4.69) is 61.3 Å². The van der Waals surface area contributed by atoms with Gasteiger partial charge in [0.05, 0.1) is 0 Å². The number of benzene rings is 1. The average molecular weight is 272 g/mol. The molecule has 3 unspecified atom stereocenters. The van der Waals surface area contributed by atoms with E-state index in [4.69, 9.17) is 0 Å². The van der Waals surface area contributed by atoms with Gasteiger partial charge in [0.25, 0.3) is 0 Å². The van der Waals surface area contributed by atoms with Gasteiger partial charge >= 0.3 is 0 Å². The number of hydrogen-bond donors (Lipinski definition) is 1. The van der Waals surface area contributed by atoms with E-state index >= 15 is 0 Å². The number of nitrogens with zero attached hydrogens (tertiary/aromatic N) is 1. The standard InChI is InChI=1S/C18H28N2/c1-13(2)18(15-7-5-4-6-8-15)19-16-11-14(3)20(12-16)17-9-10-17/h4-8,13-14,16-19H,9-12H2,1-3H3. The zero-order valence-corrected chi connectivity index (χ0v) is 13.0. The fourth-order valence-corrected chi connectivity index (χ4v) is 3.68. The number of likely N-dealkylation sites (tertiary alicyclic amines) is 1. The minimum Gasteiger partial charge on any atom is -0.306 e. The molecule has 110 valence electrons. The molecule has 0 spiro atoms. The van der Waals surface area contributed by atoms with Crippen LogP contribution in [0, 0.1) is 5.92 Å². The fraction of sp³-hybridized carbons (Fsp3) is 0.667. The summed E-state index contributed by atoms with van der Waals surface area (Å²) in [7, 11) is 0. The Morgan fingerprint density at radius 2 is 1.85 bits per heavy atom. The van der Waals surface area contributed by atoms with Crippen LogP contribution in [0.1, 0.15) is 51.6 Å². The molecule has 1 heterocycles. The predicted octanol–water partition coefficient (Wildman–Crippen LogP) is 3.60. The van der Waals surface area contributed by atoms with Crippen LogP contribution < -0.4 is 5.32 Å². The van der Waals surface area contributed by atoms with Crippen LogP contribution in [0.25, 0.3) is 0 Å². The van der Waals surface area contributed by atoms with Gasteiger partial charge in [-0.05, 0) is 37.7 Å². The molecule has 0 bridgehead atoms. The Morgan fingerprint density at radius 1 is 1.15 bits per heavy atom. The normalized spacial score (nSPS) is 29.0. The lowest BCUT2D eigenvalue weighted by Gasteiger charge is -2.27. The molecule has 1 aromatic rings. The summed E-state index contributed by atoms with van der Waals surface area (Å²) >= 11 is 0. The van der Waals surface area contributed by atoms with Gasteiger partial charge in [0.2, 0.25) is 0 Å². The van der Waals surface area contributed by atoms with Gasteiger partial charge in [-0.3, -0.25) is 4.90 Å². The summed E-state index contributed by atoms with van der Waals surface area (Å²) in [5.41, 5.74) is 1.43. The maximum Gasteiger partial charge on any atom is 0.0346 e. The zero-order chi connectivity index (χ0) is 14.1. The van der Waals surface area contributed by atoms with Crippen LogP contribution in [-0.4, -0.2) is 29.6 Å². The molecular weight excluding hydrogens is 244 g/mol. The van der Waals surface area contributed by atoms with Crippen molar-refractivity contribution >= 4 is 0 Å². The first kappa shape index (κ1) is 14.1. The molecule has 2 heteroatoms. The molecule has 1 N–H and O–H groups in total. The topological polar surface area (TPSA) is 15.3 Å². The lowest BCUT2D eigenvalue weighted by atomic mass is 9.95. The van der Waals surface area contributed by atoms with E-state index in [9.17, 15) is 0 Å². The van der Waals surface area contributed by atoms with Crippen LogP contribution in [0.5, 0.6) is 0 Å². The second kappa shape index (κ2) is 5.87. The van der Waals surface area contributed by atoms with Crippen molar-refractivity contribution in [2.75, 3.05) is 6.54 Å². The van der Waals surface area contributed by atoms with Gasteiger partial charge < -0.3 is 5.32 Å². The number of rotatable bonds is 5. The van der Waals surface area contributed by atoms with Gasteiger partial charge in [0.15, 0.2) is 0 Å². The van der Waals surface area contributed by atoms with E-state index < -0.39 is 0 Å². The second-order valence-corrected chi connectivity index (χ2v) is 7.01. The second-order valence-electron chi connectivity index (χ2n) is 7.01. The summed E-state index contributed by atoms with van der Waals surface area (Å²) in [5, 5.41) is 3.93. The van der Waals surface area contributed by atoms with E-state index in [0.29, 0.717) is 18.0 Å². The molecule has 0 aromatic heterocycles. The van der Waals surface area contributed by atoms with Crippen molar-refractivity contribution in [2.24, 2.45) is 5.92 Å². The summed E-state index contributed by atoms with van der Waals surface area (Å²) in [6, 6.07) is 13.7. The van der Waals surface area contributed by atoms with Crippen molar-refractivity contribution in [3.63, 3.8) is 0 Å². The quantitative estimate of drug-likeness (QED) is 0.881.